The lowest BCUT2D eigenvalue weighted by Gasteiger charge is -2.13. The van der Waals surface area contributed by atoms with Crippen molar-refractivity contribution in [3.63, 3.8) is 0 Å². The molecule has 2 rings (SSSR count). The Bertz CT molecular complexity index is 544. The van der Waals surface area contributed by atoms with Crippen LogP contribution in [0.1, 0.15) is 29.3 Å². The Hall–Kier alpha value is -1.13. The number of alkyl halides is 1. The molecule has 0 spiro atoms. The number of ether oxygens (including phenoxy) is 1. The van der Waals surface area contributed by atoms with Crippen molar-refractivity contribution in [2.24, 2.45) is 0 Å². The van der Waals surface area contributed by atoms with Crippen LogP contribution >= 0.6 is 22.9 Å². The van der Waals surface area contributed by atoms with Gasteiger partial charge in [-0.15, -0.1) is 22.9 Å². The lowest BCUT2D eigenvalue weighted by Crippen LogP contribution is -2.04. The van der Waals surface area contributed by atoms with Crippen LogP contribution in [0.25, 0.3) is 0 Å². The van der Waals surface area contributed by atoms with Gasteiger partial charge in [-0.25, -0.2) is 9.37 Å². The van der Waals surface area contributed by atoms with Gasteiger partial charge in [0.15, 0.2) is 11.6 Å². The highest BCUT2D eigenvalue weighted by Gasteiger charge is 2.14. The maximum absolute atomic E-state index is 13.6. The summed E-state index contributed by atoms with van der Waals surface area (Å²) < 4.78 is 19.2. The summed E-state index contributed by atoms with van der Waals surface area (Å²) in [7, 11) is 0. The third-order valence-corrected chi connectivity index (χ3v) is 3.77. The Morgan fingerprint density at radius 1 is 1.50 bits per heavy atom. The summed E-state index contributed by atoms with van der Waals surface area (Å²) >= 11 is 7.16. The molecule has 2 nitrogen and oxygen atoms in total. The number of benzene rings is 1. The first-order valence-electron chi connectivity index (χ1n) is 5.53. The number of thiazole rings is 1. The largest absolute Gasteiger partial charge is 0.480 e. The van der Waals surface area contributed by atoms with Gasteiger partial charge in [-0.1, -0.05) is 6.07 Å². The number of aromatic nitrogens is 1. The predicted octanol–water partition coefficient (Wildman–Crippen LogP) is 4.47. The van der Waals surface area contributed by atoms with E-state index in [-0.39, 0.29) is 17.7 Å². The van der Waals surface area contributed by atoms with Crippen LogP contribution < -0.4 is 4.74 Å². The van der Waals surface area contributed by atoms with Gasteiger partial charge in [-0.2, -0.15) is 0 Å². The van der Waals surface area contributed by atoms with Crippen LogP contribution in [0.4, 0.5) is 4.39 Å². The molecule has 0 bridgehead atoms. The second-order valence-electron chi connectivity index (χ2n) is 4.00. The molecule has 0 N–H and O–H groups in total. The zero-order chi connectivity index (χ0) is 13.1. The predicted molar refractivity (Wildman–Crippen MR) is 71.9 cm³/mol. The molecule has 1 unspecified atom stereocenters. The standard InChI is InChI=1S/C13H13ClFNOS/c1-8-3-4-11(15)12(5-8)17-9(2)13-16-10(6-14)7-18-13/h3-5,7,9H,6H2,1-2H3. The van der Waals surface area contributed by atoms with Gasteiger partial charge in [0.1, 0.15) is 11.1 Å². The molecule has 5 heteroatoms. The molecular weight excluding hydrogens is 273 g/mol. The molecule has 1 heterocycles. The Kier molecular flexibility index (Phi) is 4.19. The minimum atomic E-state index is -0.360. The molecule has 0 aliphatic rings. The van der Waals surface area contributed by atoms with E-state index in [1.165, 1.54) is 17.4 Å². The fourth-order valence-corrected chi connectivity index (χ4v) is 2.54. The smallest absolute Gasteiger partial charge is 0.165 e. The Morgan fingerprint density at radius 3 is 2.94 bits per heavy atom. The van der Waals surface area contributed by atoms with E-state index in [4.69, 9.17) is 16.3 Å². The average molecular weight is 286 g/mol. The summed E-state index contributed by atoms with van der Waals surface area (Å²) in [5, 5.41) is 2.68. The van der Waals surface area contributed by atoms with Crippen LogP contribution in [-0.4, -0.2) is 4.98 Å². The fraction of sp³-hybridized carbons (Fsp3) is 0.308. The molecule has 0 saturated carbocycles. The normalized spacial score (nSPS) is 12.4. The van der Waals surface area contributed by atoms with Gasteiger partial charge in [0, 0.05) is 5.38 Å². The van der Waals surface area contributed by atoms with Gasteiger partial charge in [0.05, 0.1) is 11.6 Å². The van der Waals surface area contributed by atoms with Gasteiger partial charge in [0.25, 0.3) is 0 Å². The quantitative estimate of drug-likeness (QED) is 0.773. The SMILES string of the molecule is Cc1ccc(F)c(OC(C)c2nc(CCl)cs2)c1. The zero-order valence-electron chi connectivity index (χ0n) is 10.1. The van der Waals surface area contributed by atoms with E-state index in [9.17, 15) is 4.39 Å². The summed E-state index contributed by atoms with van der Waals surface area (Å²) in [6.45, 7) is 3.74. The van der Waals surface area contributed by atoms with Crippen LogP contribution in [0, 0.1) is 12.7 Å². The first-order valence-corrected chi connectivity index (χ1v) is 6.94. The molecule has 1 aromatic heterocycles. The van der Waals surface area contributed by atoms with Crippen LogP contribution in [0.2, 0.25) is 0 Å². The minimum Gasteiger partial charge on any atom is -0.480 e. The Balaban J connectivity index is 2.15. The van der Waals surface area contributed by atoms with Gasteiger partial charge in [-0.05, 0) is 31.5 Å². The van der Waals surface area contributed by atoms with Gasteiger partial charge < -0.3 is 4.74 Å². The van der Waals surface area contributed by atoms with E-state index in [0.717, 1.165) is 16.3 Å². The summed E-state index contributed by atoms with van der Waals surface area (Å²) in [6, 6.07) is 4.80. The van der Waals surface area contributed by atoms with E-state index in [0.29, 0.717) is 5.88 Å². The highest BCUT2D eigenvalue weighted by Crippen LogP contribution is 2.27. The molecule has 0 fully saturated rings. The number of aryl methyl sites for hydroxylation is 1. The number of rotatable bonds is 4. The molecule has 96 valence electrons. The first-order chi connectivity index (χ1) is 8.60. The summed E-state index contributed by atoms with van der Waals surface area (Å²) in [5.41, 5.74) is 1.77. The number of halogens is 2. The molecule has 0 aliphatic heterocycles. The fourth-order valence-electron chi connectivity index (χ4n) is 1.51. The molecular formula is C13H13ClFNOS. The first kappa shape index (κ1) is 13.3. The van der Waals surface area contributed by atoms with Crippen molar-refractivity contribution in [3.05, 3.63) is 45.7 Å². The molecule has 2 aromatic rings. The molecule has 0 radical (unpaired) electrons. The molecule has 0 aliphatic carbocycles. The molecule has 0 amide bonds. The van der Waals surface area contributed by atoms with Crippen molar-refractivity contribution in [2.75, 3.05) is 0 Å². The van der Waals surface area contributed by atoms with Crippen molar-refractivity contribution < 1.29 is 9.13 Å². The van der Waals surface area contributed by atoms with Gasteiger partial charge >= 0.3 is 0 Å². The molecule has 1 atom stereocenters. The lowest BCUT2D eigenvalue weighted by molar-refractivity contribution is 0.215. The Labute approximate surface area is 114 Å². The molecule has 18 heavy (non-hydrogen) atoms. The van der Waals surface area contributed by atoms with Crippen molar-refractivity contribution >= 4 is 22.9 Å². The summed E-state index contributed by atoms with van der Waals surface area (Å²) in [4.78, 5) is 4.32. The molecule has 1 aromatic carbocycles. The van der Waals surface area contributed by atoms with Crippen LogP contribution in [0.15, 0.2) is 23.6 Å². The van der Waals surface area contributed by atoms with Crippen LogP contribution in [0.3, 0.4) is 0 Å². The second kappa shape index (κ2) is 5.67. The average Bonchev–Trinajstić information content (AvgIpc) is 2.82. The van der Waals surface area contributed by atoms with Crippen LogP contribution in [-0.2, 0) is 5.88 Å². The minimum absolute atomic E-state index is 0.255. The lowest BCUT2D eigenvalue weighted by atomic mass is 10.2. The van der Waals surface area contributed by atoms with E-state index < -0.39 is 0 Å². The molecule has 0 saturated heterocycles. The maximum Gasteiger partial charge on any atom is 0.165 e. The van der Waals surface area contributed by atoms with Crippen LogP contribution in [0.5, 0.6) is 5.75 Å². The van der Waals surface area contributed by atoms with E-state index in [1.807, 2.05) is 19.2 Å². The van der Waals surface area contributed by atoms with Crippen molar-refractivity contribution in [1.29, 1.82) is 0 Å². The third-order valence-electron chi connectivity index (χ3n) is 2.44. The van der Waals surface area contributed by atoms with E-state index in [2.05, 4.69) is 4.98 Å². The maximum atomic E-state index is 13.6. The third kappa shape index (κ3) is 3.00. The highest BCUT2D eigenvalue weighted by molar-refractivity contribution is 7.09. The topological polar surface area (TPSA) is 22.1 Å². The van der Waals surface area contributed by atoms with Crippen molar-refractivity contribution in [1.82, 2.24) is 4.98 Å². The summed E-state index contributed by atoms with van der Waals surface area (Å²) in [6.07, 6.45) is -0.289. The van der Waals surface area contributed by atoms with E-state index in [1.54, 1.807) is 12.1 Å². The second-order valence-corrected chi connectivity index (χ2v) is 5.16. The monoisotopic (exact) mass is 285 g/mol. The van der Waals surface area contributed by atoms with E-state index >= 15 is 0 Å². The van der Waals surface area contributed by atoms with Crippen molar-refractivity contribution in [3.8, 4) is 5.75 Å². The Morgan fingerprint density at radius 2 is 2.28 bits per heavy atom. The summed E-state index contributed by atoms with van der Waals surface area (Å²) in [5.74, 6) is 0.272. The zero-order valence-corrected chi connectivity index (χ0v) is 11.7. The number of nitrogens with zero attached hydrogens (tertiary/aromatic N) is 1. The number of hydrogen-bond donors (Lipinski definition) is 0. The van der Waals surface area contributed by atoms with Gasteiger partial charge in [-0.3, -0.25) is 0 Å². The highest BCUT2D eigenvalue weighted by atomic mass is 35.5. The van der Waals surface area contributed by atoms with Gasteiger partial charge in [0.2, 0.25) is 0 Å². The van der Waals surface area contributed by atoms with Crippen molar-refractivity contribution in [2.45, 2.75) is 25.8 Å². The number of hydrogen-bond acceptors (Lipinski definition) is 3.